The summed E-state index contributed by atoms with van der Waals surface area (Å²) in [6.45, 7) is 0. The van der Waals surface area contributed by atoms with Gasteiger partial charge in [0.2, 0.25) is 0 Å². The fourth-order valence-corrected chi connectivity index (χ4v) is 14.9. The molecule has 270 valence electrons. The summed E-state index contributed by atoms with van der Waals surface area (Å²) in [4.78, 5) is 2.63. The zero-order valence-electron chi connectivity index (χ0n) is 31.8. The fraction of sp³-hybridized carbons (Fsp3) is 0.333. The molecule has 8 aliphatic rings. The van der Waals surface area contributed by atoms with Gasteiger partial charge in [0.15, 0.2) is 0 Å². The van der Waals surface area contributed by atoms with Gasteiger partial charge in [0, 0.05) is 27.8 Å². The Morgan fingerprint density at radius 2 is 1.02 bits per heavy atom. The summed E-state index contributed by atoms with van der Waals surface area (Å²) in [7, 11) is 0. The van der Waals surface area contributed by atoms with Gasteiger partial charge in [-0.15, -0.1) is 0 Å². The number of fused-ring (bicyclic) bond motifs is 12. The summed E-state index contributed by atoms with van der Waals surface area (Å²) in [5.41, 5.74) is 19.0. The molecule has 0 N–H and O–H groups in total. The van der Waals surface area contributed by atoms with Crippen LogP contribution in [-0.4, -0.2) is 0 Å². The summed E-state index contributed by atoms with van der Waals surface area (Å²) < 4.78 is 0. The van der Waals surface area contributed by atoms with Crippen molar-refractivity contribution in [1.29, 1.82) is 0 Å². The van der Waals surface area contributed by atoms with Gasteiger partial charge in [0.25, 0.3) is 0 Å². The van der Waals surface area contributed by atoms with E-state index in [0.717, 1.165) is 35.5 Å². The lowest BCUT2D eigenvalue weighted by Gasteiger charge is -2.53. The van der Waals surface area contributed by atoms with E-state index in [1.807, 2.05) is 0 Å². The number of hydrogen-bond donors (Lipinski definition) is 0. The second-order valence-electron chi connectivity index (χ2n) is 18.8. The average Bonchev–Trinajstić information content (AvgIpc) is 3.96. The largest absolute Gasteiger partial charge is 0.310 e. The van der Waals surface area contributed by atoms with Gasteiger partial charge >= 0.3 is 0 Å². The van der Waals surface area contributed by atoms with Gasteiger partial charge in [-0.05, 0) is 167 Å². The lowest BCUT2D eigenvalue weighted by molar-refractivity contribution is 0.0618. The Hall–Kier alpha value is -4.88. The van der Waals surface area contributed by atoms with Crippen molar-refractivity contribution in [1.82, 2.24) is 0 Å². The molecule has 6 saturated carbocycles. The number of hydrogen-bond acceptors (Lipinski definition) is 1. The molecule has 0 aromatic heterocycles. The molecule has 14 rings (SSSR count). The molecule has 6 aromatic carbocycles. The Kier molecular flexibility index (Phi) is 6.47. The van der Waals surface area contributed by atoms with Crippen LogP contribution in [0.4, 0.5) is 17.1 Å². The molecule has 0 saturated heterocycles. The summed E-state index contributed by atoms with van der Waals surface area (Å²) in [5.74, 6) is 4.96. The smallest absolute Gasteiger partial charge is 0.0540 e. The minimum atomic E-state index is 0.136. The second-order valence-corrected chi connectivity index (χ2v) is 18.8. The zero-order chi connectivity index (χ0) is 35.9. The molecule has 8 atom stereocenters. The number of anilines is 3. The van der Waals surface area contributed by atoms with E-state index in [1.54, 1.807) is 22.3 Å². The van der Waals surface area contributed by atoms with Crippen LogP contribution in [0.15, 0.2) is 140 Å². The first-order chi connectivity index (χ1) is 27.2. The third-order valence-electron chi connectivity index (χ3n) is 16.6. The van der Waals surface area contributed by atoms with Crippen LogP contribution in [0.5, 0.6) is 0 Å². The van der Waals surface area contributed by atoms with Crippen molar-refractivity contribution in [3.63, 3.8) is 0 Å². The summed E-state index contributed by atoms with van der Waals surface area (Å²) in [6, 6.07) is 54.6. The van der Waals surface area contributed by atoms with E-state index >= 15 is 0 Å². The van der Waals surface area contributed by atoms with Crippen molar-refractivity contribution in [3.05, 3.63) is 162 Å². The molecule has 8 unspecified atom stereocenters. The monoisotopic (exact) mass is 711 g/mol. The van der Waals surface area contributed by atoms with E-state index in [2.05, 4.69) is 144 Å². The molecule has 1 heteroatoms. The second kappa shape index (κ2) is 11.3. The third kappa shape index (κ3) is 4.10. The maximum absolute atomic E-state index is 2.64. The number of benzene rings is 6. The van der Waals surface area contributed by atoms with Crippen molar-refractivity contribution in [3.8, 4) is 33.4 Å². The SMILES string of the molecule is c1ccc(-c2ccccc2N(c2ccc3c(c2)-c2ccccc2C32C3CCC4CC(C3)CC2C4)c2ccc3c(c2)C2(CC4CCC2C4)c2ccccc2-3)cc1. The van der Waals surface area contributed by atoms with Crippen LogP contribution in [0.2, 0.25) is 0 Å². The molecule has 6 aromatic rings. The molecule has 6 bridgehead atoms. The molecule has 1 nitrogen and oxygen atoms in total. The first kappa shape index (κ1) is 31.3. The normalized spacial score (nSPS) is 31.1. The van der Waals surface area contributed by atoms with Gasteiger partial charge in [-0.3, -0.25) is 0 Å². The number of rotatable bonds is 4. The molecule has 55 heavy (non-hydrogen) atoms. The highest BCUT2D eigenvalue weighted by atomic mass is 15.1. The quantitative estimate of drug-likeness (QED) is 0.176. The molecular weight excluding hydrogens is 663 g/mol. The fourth-order valence-electron chi connectivity index (χ4n) is 14.9. The Balaban J connectivity index is 1.04. The van der Waals surface area contributed by atoms with Crippen LogP contribution in [0.1, 0.15) is 86.5 Å². The highest BCUT2D eigenvalue weighted by molar-refractivity contribution is 5.93. The van der Waals surface area contributed by atoms with Crippen LogP contribution in [0.3, 0.4) is 0 Å². The van der Waals surface area contributed by atoms with Crippen LogP contribution < -0.4 is 4.90 Å². The highest BCUT2D eigenvalue weighted by Gasteiger charge is 2.60. The summed E-state index contributed by atoms with van der Waals surface area (Å²) in [5, 5.41) is 0. The van der Waals surface area contributed by atoms with Crippen LogP contribution in [0.25, 0.3) is 33.4 Å². The van der Waals surface area contributed by atoms with Crippen LogP contribution in [-0.2, 0) is 10.8 Å². The predicted octanol–water partition coefficient (Wildman–Crippen LogP) is 14.0. The molecule has 0 radical (unpaired) electrons. The summed E-state index contributed by atoms with van der Waals surface area (Å²) >= 11 is 0. The lowest BCUT2D eigenvalue weighted by Crippen LogP contribution is -2.48. The van der Waals surface area contributed by atoms with Crippen molar-refractivity contribution >= 4 is 17.1 Å². The van der Waals surface area contributed by atoms with Gasteiger partial charge < -0.3 is 4.90 Å². The van der Waals surface area contributed by atoms with Gasteiger partial charge in [-0.1, -0.05) is 122 Å². The zero-order valence-corrected chi connectivity index (χ0v) is 31.8. The Morgan fingerprint density at radius 1 is 0.400 bits per heavy atom. The molecular formula is C54H49N. The predicted molar refractivity (Wildman–Crippen MR) is 226 cm³/mol. The maximum atomic E-state index is 2.64. The van der Waals surface area contributed by atoms with E-state index in [9.17, 15) is 0 Å². The van der Waals surface area contributed by atoms with E-state index in [-0.39, 0.29) is 10.8 Å². The van der Waals surface area contributed by atoms with Crippen molar-refractivity contribution in [2.45, 2.75) is 75.0 Å². The van der Waals surface area contributed by atoms with E-state index in [1.165, 1.54) is 115 Å². The van der Waals surface area contributed by atoms with Crippen LogP contribution >= 0.6 is 0 Å². The van der Waals surface area contributed by atoms with Gasteiger partial charge in [-0.25, -0.2) is 0 Å². The number of nitrogens with zero attached hydrogens (tertiary/aromatic N) is 1. The first-order valence-electron chi connectivity index (χ1n) is 21.6. The summed E-state index contributed by atoms with van der Waals surface area (Å²) in [6.07, 6.45) is 14.0. The minimum Gasteiger partial charge on any atom is -0.310 e. The first-order valence-corrected chi connectivity index (χ1v) is 21.6. The van der Waals surface area contributed by atoms with Gasteiger partial charge in [-0.2, -0.15) is 0 Å². The minimum absolute atomic E-state index is 0.136. The highest BCUT2D eigenvalue weighted by Crippen LogP contribution is 2.69. The molecule has 0 aliphatic heterocycles. The Bertz CT molecular complexity index is 2520. The molecule has 6 fully saturated rings. The van der Waals surface area contributed by atoms with E-state index < -0.39 is 0 Å². The molecule has 8 aliphatic carbocycles. The molecule has 0 heterocycles. The number of para-hydroxylation sites is 1. The van der Waals surface area contributed by atoms with Gasteiger partial charge in [0.05, 0.1) is 5.69 Å². The van der Waals surface area contributed by atoms with E-state index in [4.69, 9.17) is 0 Å². The maximum Gasteiger partial charge on any atom is 0.0540 e. The van der Waals surface area contributed by atoms with Gasteiger partial charge in [0.1, 0.15) is 0 Å². The Labute approximate surface area is 326 Å². The van der Waals surface area contributed by atoms with Crippen molar-refractivity contribution in [2.75, 3.05) is 4.90 Å². The lowest BCUT2D eigenvalue weighted by atomic mass is 9.51. The molecule has 0 amide bonds. The van der Waals surface area contributed by atoms with E-state index in [0.29, 0.717) is 0 Å². The standard InChI is InChI=1S/C54H49N/c1-2-10-37(11-3-1)43-12-6-9-17-52(43)55(42-22-24-46-44-13-4-7-15-48(44)53(51(46)32-42)33-35-19-20-38(53)28-35)41-23-25-50-47(31-41)45-14-5-8-16-49(45)54(50)39-21-18-34-26-36(29-39)30-40(54)27-34/h1-17,22-25,31-32,34-36,38-40H,18-21,26-30,33H2. The van der Waals surface area contributed by atoms with Crippen molar-refractivity contribution in [2.24, 2.45) is 35.5 Å². The average molecular weight is 712 g/mol. The molecule has 2 spiro atoms. The topological polar surface area (TPSA) is 3.24 Å². The Morgan fingerprint density at radius 3 is 1.85 bits per heavy atom. The third-order valence-corrected chi connectivity index (χ3v) is 16.6. The van der Waals surface area contributed by atoms with Crippen LogP contribution in [0, 0.1) is 35.5 Å². The van der Waals surface area contributed by atoms with Crippen molar-refractivity contribution < 1.29 is 0 Å².